The highest BCUT2D eigenvalue weighted by Gasteiger charge is 2.15. The van der Waals surface area contributed by atoms with Crippen molar-refractivity contribution in [2.24, 2.45) is 14.1 Å². The van der Waals surface area contributed by atoms with Gasteiger partial charge in [-0.1, -0.05) is 0 Å². The summed E-state index contributed by atoms with van der Waals surface area (Å²) in [4.78, 5) is 31.6. The van der Waals surface area contributed by atoms with E-state index in [0.717, 1.165) is 4.57 Å². The van der Waals surface area contributed by atoms with Crippen LogP contribution >= 0.6 is 0 Å². The summed E-state index contributed by atoms with van der Waals surface area (Å²) in [5.74, 6) is 1.65. The zero-order valence-corrected chi connectivity index (χ0v) is 13.2. The Morgan fingerprint density at radius 2 is 1.61 bits per heavy atom. The number of imidazole rings is 1. The van der Waals surface area contributed by atoms with Gasteiger partial charge in [-0.05, 0) is 12.1 Å². The first-order chi connectivity index (χ1) is 11.0. The fraction of sp³-hybridized carbons (Fsp3) is 0.267. The lowest BCUT2D eigenvalue weighted by molar-refractivity contribution is 0.394. The van der Waals surface area contributed by atoms with Gasteiger partial charge in [0.05, 0.1) is 14.2 Å². The lowest BCUT2D eigenvalue weighted by Gasteiger charge is -2.06. The van der Waals surface area contributed by atoms with Crippen molar-refractivity contribution >= 4 is 11.2 Å². The Balaban J connectivity index is 2.30. The van der Waals surface area contributed by atoms with E-state index in [1.165, 1.54) is 11.6 Å². The van der Waals surface area contributed by atoms with Crippen molar-refractivity contribution in [2.45, 2.75) is 0 Å². The van der Waals surface area contributed by atoms with Crippen LogP contribution in [0.4, 0.5) is 0 Å². The van der Waals surface area contributed by atoms with Crippen LogP contribution in [0, 0.1) is 0 Å². The fourth-order valence-electron chi connectivity index (χ4n) is 2.41. The van der Waals surface area contributed by atoms with Crippen molar-refractivity contribution in [3.05, 3.63) is 39.0 Å². The van der Waals surface area contributed by atoms with E-state index in [4.69, 9.17) is 9.47 Å². The zero-order valence-electron chi connectivity index (χ0n) is 13.2. The van der Waals surface area contributed by atoms with E-state index in [0.29, 0.717) is 28.5 Å². The Hall–Kier alpha value is -3.03. The van der Waals surface area contributed by atoms with E-state index in [9.17, 15) is 9.59 Å². The molecule has 3 aromatic rings. The van der Waals surface area contributed by atoms with Gasteiger partial charge >= 0.3 is 5.69 Å². The first kappa shape index (κ1) is 14.9. The van der Waals surface area contributed by atoms with Crippen molar-refractivity contribution < 1.29 is 9.47 Å². The Morgan fingerprint density at radius 3 is 2.17 bits per heavy atom. The van der Waals surface area contributed by atoms with Crippen molar-refractivity contribution in [1.82, 2.24) is 19.1 Å². The van der Waals surface area contributed by atoms with Gasteiger partial charge < -0.3 is 14.5 Å². The number of methoxy groups -OCH3 is 2. The summed E-state index contributed by atoms with van der Waals surface area (Å²) in [5, 5.41) is 0. The summed E-state index contributed by atoms with van der Waals surface area (Å²) in [6, 6.07) is 5.27. The fourth-order valence-corrected chi connectivity index (χ4v) is 2.41. The molecule has 0 radical (unpaired) electrons. The smallest absolute Gasteiger partial charge is 0.332 e. The van der Waals surface area contributed by atoms with Crippen LogP contribution in [-0.2, 0) is 14.1 Å². The maximum atomic E-state index is 12.2. The summed E-state index contributed by atoms with van der Waals surface area (Å²) >= 11 is 0. The monoisotopic (exact) mass is 316 g/mol. The molecule has 120 valence electrons. The number of hydrogen-bond donors (Lipinski definition) is 1. The topological polar surface area (TPSA) is 91.1 Å². The number of aryl methyl sites for hydroxylation is 1. The van der Waals surface area contributed by atoms with Gasteiger partial charge in [-0.2, -0.15) is 0 Å². The van der Waals surface area contributed by atoms with Crippen LogP contribution in [0.5, 0.6) is 11.5 Å². The molecule has 0 bridgehead atoms. The number of nitrogens with zero attached hydrogens (tertiary/aromatic N) is 3. The molecule has 0 fully saturated rings. The third-order valence-electron chi connectivity index (χ3n) is 3.72. The highest BCUT2D eigenvalue weighted by Crippen LogP contribution is 2.28. The van der Waals surface area contributed by atoms with Gasteiger partial charge in [0.2, 0.25) is 0 Å². The molecule has 0 aliphatic heterocycles. The number of ether oxygens (including phenoxy) is 2. The van der Waals surface area contributed by atoms with E-state index >= 15 is 0 Å². The molecule has 3 rings (SSSR count). The SMILES string of the molecule is COc1cc(OC)cc(-c2nc3c([nH]2)c(=O)n(C)c(=O)n3C)c1. The van der Waals surface area contributed by atoms with Gasteiger partial charge in [-0.25, -0.2) is 9.78 Å². The molecule has 0 unspecified atom stereocenters. The molecule has 2 heterocycles. The second-order valence-corrected chi connectivity index (χ2v) is 5.09. The minimum atomic E-state index is -0.427. The van der Waals surface area contributed by atoms with E-state index in [1.54, 1.807) is 39.5 Å². The summed E-state index contributed by atoms with van der Waals surface area (Å²) in [6.07, 6.45) is 0. The van der Waals surface area contributed by atoms with Gasteiger partial charge in [-0.3, -0.25) is 13.9 Å². The highest BCUT2D eigenvalue weighted by molar-refractivity contribution is 5.76. The third kappa shape index (κ3) is 2.28. The second-order valence-electron chi connectivity index (χ2n) is 5.09. The Bertz CT molecular complexity index is 990. The van der Waals surface area contributed by atoms with E-state index in [-0.39, 0.29) is 5.52 Å². The Labute approximate surface area is 130 Å². The standard InChI is InChI=1S/C15H16N4O4/c1-18-13-11(14(20)19(2)15(18)21)16-12(17-13)8-5-9(22-3)7-10(6-8)23-4/h5-7H,1-4H3,(H,16,17). The number of fused-ring (bicyclic) bond motifs is 1. The largest absolute Gasteiger partial charge is 0.497 e. The van der Waals surface area contributed by atoms with Crippen LogP contribution in [0.3, 0.4) is 0 Å². The Morgan fingerprint density at radius 1 is 1.00 bits per heavy atom. The van der Waals surface area contributed by atoms with Gasteiger partial charge in [0.15, 0.2) is 5.65 Å². The van der Waals surface area contributed by atoms with Crippen LogP contribution < -0.4 is 20.7 Å². The molecule has 8 heteroatoms. The molecule has 0 amide bonds. The van der Waals surface area contributed by atoms with Crippen LogP contribution in [0.25, 0.3) is 22.6 Å². The third-order valence-corrected chi connectivity index (χ3v) is 3.72. The second kappa shape index (κ2) is 5.31. The number of aromatic amines is 1. The van der Waals surface area contributed by atoms with Crippen molar-refractivity contribution in [1.29, 1.82) is 0 Å². The van der Waals surface area contributed by atoms with E-state index in [1.807, 2.05) is 0 Å². The van der Waals surface area contributed by atoms with Crippen LogP contribution in [0.2, 0.25) is 0 Å². The summed E-state index contributed by atoms with van der Waals surface area (Å²) in [7, 11) is 6.10. The molecular weight excluding hydrogens is 300 g/mol. The number of benzene rings is 1. The van der Waals surface area contributed by atoms with Crippen molar-refractivity contribution in [3.63, 3.8) is 0 Å². The molecule has 8 nitrogen and oxygen atoms in total. The number of aromatic nitrogens is 4. The molecule has 1 N–H and O–H groups in total. The van der Waals surface area contributed by atoms with Crippen LogP contribution in [-0.4, -0.2) is 33.3 Å². The zero-order chi connectivity index (χ0) is 16.7. The van der Waals surface area contributed by atoms with Gasteiger partial charge in [0, 0.05) is 25.7 Å². The number of nitrogens with one attached hydrogen (secondary N) is 1. The maximum absolute atomic E-state index is 12.2. The molecule has 0 spiro atoms. The lowest BCUT2D eigenvalue weighted by Crippen LogP contribution is -2.36. The van der Waals surface area contributed by atoms with Crippen molar-refractivity contribution in [2.75, 3.05) is 14.2 Å². The molecule has 0 atom stereocenters. The summed E-state index contributed by atoms with van der Waals surface area (Å²) < 4.78 is 12.8. The van der Waals surface area contributed by atoms with E-state index in [2.05, 4.69) is 9.97 Å². The molecule has 2 aromatic heterocycles. The predicted octanol–water partition coefficient (Wildman–Crippen LogP) is 0.644. The van der Waals surface area contributed by atoms with Crippen LogP contribution in [0.1, 0.15) is 0 Å². The van der Waals surface area contributed by atoms with Gasteiger partial charge in [0.1, 0.15) is 22.8 Å². The first-order valence-corrected chi connectivity index (χ1v) is 6.85. The molecule has 1 aromatic carbocycles. The minimum absolute atomic E-state index is 0.270. The lowest BCUT2D eigenvalue weighted by atomic mass is 10.2. The van der Waals surface area contributed by atoms with Gasteiger partial charge in [0.25, 0.3) is 5.56 Å². The van der Waals surface area contributed by atoms with Gasteiger partial charge in [-0.15, -0.1) is 0 Å². The highest BCUT2D eigenvalue weighted by atomic mass is 16.5. The van der Waals surface area contributed by atoms with Crippen molar-refractivity contribution in [3.8, 4) is 22.9 Å². The Kier molecular flexibility index (Phi) is 3.44. The molecular formula is C15H16N4O4. The quantitative estimate of drug-likeness (QED) is 0.766. The molecule has 0 aliphatic carbocycles. The molecule has 0 saturated carbocycles. The number of H-pyrrole nitrogens is 1. The first-order valence-electron chi connectivity index (χ1n) is 6.85. The summed E-state index contributed by atoms with van der Waals surface area (Å²) in [5.41, 5.74) is 0.411. The summed E-state index contributed by atoms with van der Waals surface area (Å²) in [6.45, 7) is 0. The average Bonchev–Trinajstić information content (AvgIpc) is 3.03. The van der Waals surface area contributed by atoms with E-state index < -0.39 is 11.2 Å². The normalized spacial score (nSPS) is 11.0. The maximum Gasteiger partial charge on any atom is 0.332 e. The predicted molar refractivity (Wildman–Crippen MR) is 85.1 cm³/mol. The number of rotatable bonds is 3. The minimum Gasteiger partial charge on any atom is -0.497 e. The number of hydrogen-bond acceptors (Lipinski definition) is 5. The molecule has 23 heavy (non-hydrogen) atoms. The average molecular weight is 316 g/mol. The van der Waals surface area contributed by atoms with Crippen LogP contribution in [0.15, 0.2) is 27.8 Å². The molecule has 0 saturated heterocycles. The molecule has 0 aliphatic rings.